The normalized spacial score (nSPS) is 11.5. The third-order valence-electron chi connectivity index (χ3n) is 2.56. The van der Waals surface area contributed by atoms with Crippen LogP contribution in [0.1, 0.15) is 5.76 Å². The Labute approximate surface area is 130 Å². The number of hydrogen-bond donors (Lipinski definition) is 2. The van der Waals surface area contributed by atoms with Crippen LogP contribution in [0.5, 0.6) is 5.75 Å². The molecule has 1 heterocycles. The van der Waals surface area contributed by atoms with E-state index in [1.165, 1.54) is 6.07 Å². The van der Waals surface area contributed by atoms with Crippen LogP contribution in [0, 0.1) is 0 Å². The first kappa shape index (κ1) is 16.0. The average Bonchev–Trinajstić information content (AvgIpc) is 2.87. The van der Waals surface area contributed by atoms with Crippen LogP contribution in [0.4, 0.5) is 0 Å². The summed E-state index contributed by atoms with van der Waals surface area (Å²) < 4.78 is 37.0. The second kappa shape index (κ2) is 7.08. The molecule has 0 bridgehead atoms. The largest absolute Gasteiger partial charge is 0.492 e. The summed E-state index contributed by atoms with van der Waals surface area (Å²) in [6, 6.07) is 10.4. The maximum absolute atomic E-state index is 12.1. The molecule has 0 fully saturated rings. The summed E-state index contributed by atoms with van der Waals surface area (Å²) >= 11 is 3.01. The minimum atomic E-state index is -3.72. The van der Waals surface area contributed by atoms with Gasteiger partial charge in [0.15, 0.2) is 4.67 Å². The Morgan fingerprint density at radius 3 is 2.62 bits per heavy atom. The molecule has 0 spiro atoms. The van der Waals surface area contributed by atoms with Crippen molar-refractivity contribution < 1.29 is 22.7 Å². The van der Waals surface area contributed by atoms with Gasteiger partial charge in [0.25, 0.3) is 0 Å². The Morgan fingerprint density at radius 2 is 2.00 bits per heavy atom. The van der Waals surface area contributed by atoms with Gasteiger partial charge in [0, 0.05) is 12.6 Å². The Kier molecular flexibility index (Phi) is 5.40. The third-order valence-corrected chi connectivity index (χ3v) is 4.88. The number of sulfonamides is 1. The maximum Gasteiger partial charge on any atom is 0.245 e. The minimum absolute atomic E-state index is 0.0498. The zero-order valence-corrected chi connectivity index (χ0v) is 13.4. The van der Waals surface area contributed by atoms with E-state index in [0.29, 0.717) is 5.75 Å². The van der Waals surface area contributed by atoms with Gasteiger partial charge >= 0.3 is 0 Å². The summed E-state index contributed by atoms with van der Waals surface area (Å²) in [6.07, 6.45) is 0. The quantitative estimate of drug-likeness (QED) is 0.721. The van der Waals surface area contributed by atoms with Crippen LogP contribution in [-0.2, 0) is 16.6 Å². The highest BCUT2D eigenvalue weighted by Gasteiger charge is 2.21. The standard InChI is InChI=1S/C13H14BrNO5S/c14-13-12(8-11(9-16)20-13)21(17,18)15-6-7-19-10-4-2-1-3-5-10/h1-5,8,15-16H,6-7,9H2. The van der Waals surface area contributed by atoms with Gasteiger partial charge in [-0.25, -0.2) is 13.1 Å². The molecule has 0 amide bonds. The lowest BCUT2D eigenvalue weighted by molar-refractivity contribution is 0.245. The number of rotatable bonds is 7. The van der Waals surface area contributed by atoms with Gasteiger partial charge in [-0.15, -0.1) is 0 Å². The van der Waals surface area contributed by atoms with Crippen LogP contribution in [0.3, 0.4) is 0 Å². The van der Waals surface area contributed by atoms with Gasteiger partial charge in [-0.3, -0.25) is 0 Å². The average molecular weight is 376 g/mol. The Morgan fingerprint density at radius 1 is 1.29 bits per heavy atom. The van der Waals surface area contributed by atoms with E-state index in [2.05, 4.69) is 20.7 Å². The number of benzene rings is 1. The fraction of sp³-hybridized carbons (Fsp3) is 0.231. The van der Waals surface area contributed by atoms with Crippen molar-refractivity contribution >= 4 is 26.0 Å². The fourth-order valence-corrected chi connectivity index (χ4v) is 3.61. The molecule has 0 saturated heterocycles. The highest BCUT2D eigenvalue weighted by molar-refractivity contribution is 9.10. The maximum atomic E-state index is 12.1. The number of halogens is 1. The van der Waals surface area contributed by atoms with Crippen LogP contribution in [0.2, 0.25) is 0 Å². The van der Waals surface area contributed by atoms with E-state index < -0.39 is 10.0 Å². The Bertz CT molecular complexity index is 684. The van der Waals surface area contributed by atoms with Crippen molar-refractivity contribution in [2.24, 2.45) is 0 Å². The Hall–Kier alpha value is -1.35. The number of para-hydroxylation sites is 1. The molecule has 0 aliphatic rings. The van der Waals surface area contributed by atoms with Crippen molar-refractivity contribution in [2.75, 3.05) is 13.2 Å². The predicted molar refractivity (Wildman–Crippen MR) is 79.5 cm³/mol. The summed E-state index contributed by atoms with van der Waals surface area (Å²) in [5.41, 5.74) is 0. The number of furan rings is 1. The van der Waals surface area contributed by atoms with Crippen molar-refractivity contribution in [2.45, 2.75) is 11.5 Å². The lowest BCUT2D eigenvalue weighted by atomic mass is 10.3. The summed E-state index contributed by atoms with van der Waals surface area (Å²) in [7, 11) is -3.72. The zero-order chi connectivity index (χ0) is 15.3. The van der Waals surface area contributed by atoms with Crippen LogP contribution in [-0.4, -0.2) is 26.7 Å². The number of ether oxygens (including phenoxy) is 1. The first-order valence-corrected chi connectivity index (χ1v) is 8.37. The molecule has 0 aliphatic carbocycles. The fourth-order valence-electron chi connectivity index (χ4n) is 1.60. The molecule has 8 heteroatoms. The number of hydrogen-bond acceptors (Lipinski definition) is 5. The molecule has 0 atom stereocenters. The topological polar surface area (TPSA) is 88.8 Å². The first-order chi connectivity index (χ1) is 10.0. The second-order valence-corrected chi connectivity index (χ2v) is 6.52. The molecular weight excluding hydrogens is 362 g/mol. The molecular formula is C13H14BrNO5S. The van der Waals surface area contributed by atoms with Crippen LogP contribution >= 0.6 is 15.9 Å². The third kappa shape index (κ3) is 4.31. The molecule has 114 valence electrons. The molecule has 0 aliphatic heterocycles. The van der Waals surface area contributed by atoms with Gasteiger partial charge in [-0.05, 0) is 28.1 Å². The van der Waals surface area contributed by atoms with Gasteiger partial charge in [0.2, 0.25) is 10.0 Å². The number of aliphatic hydroxyl groups is 1. The molecule has 1 aromatic heterocycles. The predicted octanol–water partition coefficient (Wildman–Crippen LogP) is 1.89. The number of aliphatic hydroxyl groups excluding tert-OH is 1. The highest BCUT2D eigenvalue weighted by atomic mass is 79.9. The van der Waals surface area contributed by atoms with E-state index in [9.17, 15) is 8.42 Å². The number of nitrogens with one attached hydrogen (secondary N) is 1. The van der Waals surface area contributed by atoms with Crippen molar-refractivity contribution in [1.29, 1.82) is 0 Å². The molecule has 6 nitrogen and oxygen atoms in total. The smallest absolute Gasteiger partial charge is 0.245 e. The van der Waals surface area contributed by atoms with Gasteiger partial charge in [0.05, 0.1) is 0 Å². The van der Waals surface area contributed by atoms with E-state index in [1.54, 1.807) is 12.1 Å². The lowest BCUT2D eigenvalue weighted by Crippen LogP contribution is -2.28. The minimum Gasteiger partial charge on any atom is -0.492 e. The molecule has 2 aromatic rings. The Balaban J connectivity index is 1.91. The molecule has 2 rings (SSSR count). The highest BCUT2D eigenvalue weighted by Crippen LogP contribution is 2.25. The molecule has 2 N–H and O–H groups in total. The molecule has 21 heavy (non-hydrogen) atoms. The van der Waals surface area contributed by atoms with Gasteiger partial charge in [-0.2, -0.15) is 0 Å². The van der Waals surface area contributed by atoms with E-state index in [0.717, 1.165) is 0 Å². The lowest BCUT2D eigenvalue weighted by Gasteiger charge is -2.07. The molecule has 0 saturated carbocycles. The summed E-state index contributed by atoms with van der Waals surface area (Å²) in [5, 5.41) is 8.93. The first-order valence-electron chi connectivity index (χ1n) is 6.09. The van der Waals surface area contributed by atoms with Gasteiger partial charge < -0.3 is 14.3 Å². The van der Waals surface area contributed by atoms with Crippen LogP contribution < -0.4 is 9.46 Å². The van der Waals surface area contributed by atoms with Crippen molar-refractivity contribution in [3.8, 4) is 5.75 Å². The van der Waals surface area contributed by atoms with E-state index in [1.807, 2.05) is 18.2 Å². The molecule has 1 aromatic carbocycles. The van der Waals surface area contributed by atoms with Crippen molar-refractivity contribution in [3.63, 3.8) is 0 Å². The van der Waals surface area contributed by atoms with E-state index in [4.69, 9.17) is 14.3 Å². The van der Waals surface area contributed by atoms with Crippen molar-refractivity contribution in [1.82, 2.24) is 4.72 Å². The van der Waals surface area contributed by atoms with Gasteiger partial charge in [-0.1, -0.05) is 18.2 Å². The van der Waals surface area contributed by atoms with Crippen LogP contribution in [0.15, 0.2) is 50.4 Å². The van der Waals surface area contributed by atoms with E-state index >= 15 is 0 Å². The molecule has 0 unspecified atom stereocenters. The van der Waals surface area contributed by atoms with E-state index in [-0.39, 0.29) is 35.1 Å². The SMILES string of the molecule is O=S(=O)(NCCOc1ccccc1)c1cc(CO)oc1Br. The summed E-state index contributed by atoms with van der Waals surface area (Å²) in [6.45, 7) is -0.0554. The zero-order valence-electron chi connectivity index (χ0n) is 11.0. The summed E-state index contributed by atoms with van der Waals surface area (Å²) in [5.74, 6) is 0.839. The summed E-state index contributed by atoms with van der Waals surface area (Å²) in [4.78, 5) is -0.0498. The second-order valence-electron chi connectivity index (χ2n) is 4.07. The van der Waals surface area contributed by atoms with Crippen LogP contribution in [0.25, 0.3) is 0 Å². The van der Waals surface area contributed by atoms with Gasteiger partial charge in [0.1, 0.15) is 29.6 Å². The monoisotopic (exact) mass is 375 g/mol. The van der Waals surface area contributed by atoms with Crippen molar-refractivity contribution in [3.05, 3.63) is 46.8 Å². The molecule has 0 radical (unpaired) electrons.